The van der Waals surface area contributed by atoms with Gasteiger partial charge in [-0.1, -0.05) is 37.9 Å². The molecule has 0 fully saturated rings. The first-order valence-electron chi connectivity index (χ1n) is 7.87. The Morgan fingerprint density at radius 3 is 2.67 bits per heavy atom. The van der Waals surface area contributed by atoms with Crippen LogP contribution in [-0.4, -0.2) is 24.9 Å². The molecule has 0 aliphatic carbocycles. The smallest absolute Gasteiger partial charge is 0.125 e. The zero-order valence-electron chi connectivity index (χ0n) is 13.2. The number of unbranched alkanes of at least 4 members (excludes halogenated alkanes) is 3. The van der Waals surface area contributed by atoms with Crippen LogP contribution in [0, 0.1) is 5.92 Å². The van der Waals surface area contributed by atoms with Gasteiger partial charge in [0.05, 0.1) is 6.61 Å². The van der Waals surface area contributed by atoms with Crippen LogP contribution < -0.4 is 10.1 Å². The van der Waals surface area contributed by atoms with E-state index >= 15 is 0 Å². The third-order valence-electron chi connectivity index (χ3n) is 3.24. The molecule has 0 aliphatic rings. The van der Waals surface area contributed by atoms with Gasteiger partial charge < -0.3 is 15.2 Å². The Morgan fingerprint density at radius 2 is 1.95 bits per heavy atom. The Balaban J connectivity index is 2.43. The van der Waals surface area contributed by atoms with Crippen LogP contribution in [0.2, 0.25) is 5.02 Å². The molecule has 0 saturated heterocycles. The van der Waals surface area contributed by atoms with E-state index in [1.165, 1.54) is 0 Å². The van der Waals surface area contributed by atoms with Gasteiger partial charge in [0.25, 0.3) is 0 Å². The van der Waals surface area contributed by atoms with Crippen molar-refractivity contribution in [3.05, 3.63) is 28.8 Å². The van der Waals surface area contributed by atoms with E-state index < -0.39 is 0 Å². The maximum atomic E-state index is 8.74. The zero-order chi connectivity index (χ0) is 15.5. The molecule has 0 heterocycles. The molecule has 0 spiro atoms. The molecular formula is C17H28ClNO2. The largest absolute Gasteiger partial charge is 0.493 e. The number of nitrogens with one attached hydrogen (secondary N) is 1. The fraction of sp³-hybridized carbons (Fsp3) is 0.647. The summed E-state index contributed by atoms with van der Waals surface area (Å²) < 4.78 is 5.87. The Hall–Kier alpha value is -0.770. The zero-order valence-corrected chi connectivity index (χ0v) is 14.0. The van der Waals surface area contributed by atoms with Gasteiger partial charge in [0, 0.05) is 23.7 Å². The minimum atomic E-state index is 0.279. The summed E-state index contributed by atoms with van der Waals surface area (Å²) in [7, 11) is 0. The quantitative estimate of drug-likeness (QED) is 0.606. The number of hydrogen-bond donors (Lipinski definition) is 2. The van der Waals surface area contributed by atoms with E-state index in [2.05, 4.69) is 19.2 Å². The Kier molecular flexibility index (Phi) is 9.48. The van der Waals surface area contributed by atoms with E-state index in [9.17, 15) is 0 Å². The fourth-order valence-corrected chi connectivity index (χ4v) is 2.31. The molecular weight excluding hydrogens is 286 g/mol. The van der Waals surface area contributed by atoms with Crippen LogP contribution >= 0.6 is 11.6 Å². The number of aliphatic hydroxyl groups excluding tert-OH is 1. The van der Waals surface area contributed by atoms with Crippen molar-refractivity contribution in [3.63, 3.8) is 0 Å². The second-order valence-corrected chi connectivity index (χ2v) is 6.13. The van der Waals surface area contributed by atoms with Crippen molar-refractivity contribution >= 4 is 11.6 Å². The van der Waals surface area contributed by atoms with Crippen LogP contribution in [0.3, 0.4) is 0 Å². The van der Waals surface area contributed by atoms with Crippen molar-refractivity contribution in [2.24, 2.45) is 5.92 Å². The number of ether oxygens (including phenoxy) is 1. The van der Waals surface area contributed by atoms with Gasteiger partial charge in [0.15, 0.2) is 0 Å². The number of rotatable bonds is 11. The predicted octanol–water partition coefficient (Wildman–Crippen LogP) is 4.02. The number of hydrogen-bond acceptors (Lipinski definition) is 3. The average molecular weight is 314 g/mol. The predicted molar refractivity (Wildman–Crippen MR) is 89.0 cm³/mol. The maximum absolute atomic E-state index is 8.74. The SMILES string of the molecule is CC(C)CNCc1c(Cl)cccc1OCCCCCCO. The number of benzene rings is 1. The first-order chi connectivity index (χ1) is 10.1. The van der Waals surface area contributed by atoms with Gasteiger partial charge in [-0.05, 0) is 43.9 Å². The standard InChI is InChI=1S/C17H28ClNO2/c1-14(2)12-19-13-15-16(18)8-7-9-17(15)21-11-6-4-3-5-10-20/h7-9,14,19-20H,3-6,10-13H2,1-2H3. The summed E-state index contributed by atoms with van der Waals surface area (Å²) in [6, 6.07) is 5.81. The monoisotopic (exact) mass is 313 g/mol. The van der Waals surface area contributed by atoms with Crippen molar-refractivity contribution in [3.8, 4) is 5.75 Å². The topological polar surface area (TPSA) is 41.5 Å². The lowest BCUT2D eigenvalue weighted by molar-refractivity contribution is 0.272. The molecule has 3 nitrogen and oxygen atoms in total. The highest BCUT2D eigenvalue weighted by Crippen LogP contribution is 2.26. The van der Waals surface area contributed by atoms with E-state index in [-0.39, 0.29) is 6.61 Å². The van der Waals surface area contributed by atoms with Crippen LogP contribution in [0.25, 0.3) is 0 Å². The second kappa shape index (κ2) is 10.9. The second-order valence-electron chi connectivity index (χ2n) is 5.73. The molecule has 0 amide bonds. The molecule has 0 saturated carbocycles. The van der Waals surface area contributed by atoms with Crippen LogP contribution in [0.15, 0.2) is 18.2 Å². The van der Waals surface area contributed by atoms with Crippen molar-refractivity contribution in [2.45, 2.75) is 46.1 Å². The Morgan fingerprint density at radius 1 is 1.19 bits per heavy atom. The van der Waals surface area contributed by atoms with Gasteiger partial charge >= 0.3 is 0 Å². The summed E-state index contributed by atoms with van der Waals surface area (Å²) in [6.07, 6.45) is 4.02. The highest BCUT2D eigenvalue weighted by molar-refractivity contribution is 6.31. The van der Waals surface area contributed by atoms with Gasteiger partial charge in [-0.25, -0.2) is 0 Å². The van der Waals surface area contributed by atoms with Crippen LogP contribution in [0.1, 0.15) is 45.1 Å². The first kappa shape index (κ1) is 18.3. The highest BCUT2D eigenvalue weighted by Gasteiger charge is 2.08. The van der Waals surface area contributed by atoms with Gasteiger partial charge in [0.2, 0.25) is 0 Å². The summed E-state index contributed by atoms with van der Waals surface area (Å²) in [5, 5.41) is 12.9. The van der Waals surface area contributed by atoms with Crippen molar-refractivity contribution in [1.29, 1.82) is 0 Å². The maximum Gasteiger partial charge on any atom is 0.125 e. The highest BCUT2D eigenvalue weighted by atomic mass is 35.5. The van der Waals surface area contributed by atoms with Gasteiger partial charge in [0.1, 0.15) is 5.75 Å². The van der Waals surface area contributed by atoms with Crippen LogP contribution in [0.4, 0.5) is 0 Å². The molecule has 0 aliphatic heterocycles. The van der Waals surface area contributed by atoms with Gasteiger partial charge in [-0.15, -0.1) is 0 Å². The molecule has 0 radical (unpaired) electrons. The summed E-state index contributed by atoms with van der Waals surface area (Å²) in [5.41, 5.74) is 1.04. The molecule has 0 bridgehead atoms. The third-order valence-corrected chi connectivity index (χ3v) is 3.59. The average Bonchev–Trinajstić information content (AvgIpc) is 2.45. The van der Waals surface area contributed by atoms with Crippen LogP contribution in [-0.2, 0) is 6.54 Å². The third kappa shape index (κ3) is 7.70. The lowest BCUT2D eigenvalue weighted by Crippen LogP contribution is -2.19. The van der Waals surface area contributed by atoms with E-state index in [0.717, 1.165) is 55.1 Å². The lowest BCUT2D eigenvalue weighted by Gasteiger charge is -2.14. The first-order valence-corrected chi connectivity index (χ1v) is 8.24. The normalized spacial score (nSPS) is 11.1. The van der Waals surface area contributed by atoms with E-state index in [1.807, 2.05) is 18.2 Å². The lowest BCUT2D eigenvalue weighted by atomic mass is 10.1. The van der Waals surface area contributed by atoms with E-state index in [0.29, 0.717) is 12.5 Å². The summed E-state index contributed by atoms with van der Waals surface area (Å²) in [4.78, 5) is 0. The molecule has 0 atom stereocenters. The molecule has 21 heavy (non-hydrogen) atoms. The number of aliphatic hydroxyl groups is 1. The molecule has 1 rings (SSSR count). The van der Waals surface area contributed by atoms with Crippen LogP contribution in [0.5, 0.6) is 5.75 Å². The summed E-state index contributed by atoms with van der Waals surface area (Å²) in [6.45, 7) is 7.04. The fourth-order valence-electron chi connectivity index (χ4n) is 2.08. The Bertz CT molecular complexity index is 396. The molecule has 120 valence electrons. The molecule has 1 aromatic carbocycles. The minimum absolute atomic E-state index is 0.279. The van der Waals surface area contributed by atoms with Crippen molar-refractivity contribution < 1.29 is 9.84 Å². The number of halogens is 1. The molecule has 1 aromatic rings. The molecule has 4 heteroatoms. The van der Waals surface area contributed by atoms with E-state index in [4.69, 9.17) is 21.4 Å². The molecule has 0 aromatic heterocycles. The van der Waals surface area contributed by atoms with Gasteiger partial charge in [-0.3, -0.25) is 0 Å². The summed E-state index contributed by atoms with van der Waals surface area (Å²) in [5.74, 6) is 1.49. The molecule has 0 unspecified atom stereocenters. The van der Waals surface area contributed by atoms with E-state index in [1.54, 1.807) is 0 Å². The molecule has 2 N–H and O–H groups in total. The van der Waals surface area contributed by atoms with Crippen molar-refractivity contribution in [2.75, 3.05) is 19.8 Å². The minimum Gasteiger partial charge on any atom is -0.493 e. The summed E-state index contributed by atoms with van der Waals surface area (Å²) >= 11 is 6.28. The Labute approximate surface area is 133 Å². The van der Waals surface area contributed by atoms with Gasteiger partial charge in [-0.2, -0.15) is 0 Å². The van der Waals surface area contributed by atoms with Crippen molar-refractivity contribution in [1.82, 2.24) is 5.32 Å².